The van der Waals surface area contributed by atoms with E-state index in [2.05, 4.69) is 6.92 Å². The fraction of sp³-hybridized carbons (Fsp3) is 0.857. The van der Waals surface area contributed by atoms with Crippen LogP contribution in [0.5, 0.6) is 0 Å². The molecule has 1 fully saturated rings. The topological polar surface area (TPSA) is 70.1 Å². The molecule has 1 unspecified atom stereocenters. The molecule has 1 aliphatic rings. The van der Waals surface area contributed by atoms with Crippen molar-refractivity contribution in [2.24, 2.45) is 0 Å². The average molecular weight is 318 g/mol. The Morgan fingerprint density at radius 2 is 2.05 bits per heavy atom. The Kier molecular flexibility index (Phi) is 7.88. The third kappa shape index (κ3) is 5.74. The van der Waals surface area contributed by atoms with Crippen LogP contribution in [0.4, 0.5) is 4.79 Å². The van der Waals surface area contributed by atoms with Gasteiger partial charge in [-0.1, -0.05) is 6.92 Å². The van der Waals surface area contributed by atoms with Gasteiger partial charge in [0.2, 0.25) is 0 Å². The van der Waals surface area contributed by atoms with Crippen molar-refractivity contribution in [1.82, 2.24) is 9.80 Å². The van der Waals surface area contributed by atoms with Gasteiger partial charge < -0.3 is 19.6 Å². The van der Waals surface area contributed by atoms with Gasteiger partial charge in [0.1, 0.15) is 6.61 Å². The van der Waals surface area contributed by atoms with Gasteiger partial charge in [0, 0.05) is 31.9 Å². The summed E-state index contributed by atoms with van der Waals surface area (Å²) in [7, 11) is 1.86. The summed E-state index contributed by atoms with van der Waals surface area (Å²) in [6, 6.07) is 0.320. The number of aliphatic carboxylic acids is 1. The van der Waals surface area contributed by atoms with Crippen LogP contribution in [0, 0.1) is 0 Å². The number of piperidine rings is 1. The van der Waals surface area contributed by atoms with Crippen molar-refractivity contribution in [2.75, 3.05) is 38.8 Å². The van der Waals surface area contributed by atoms with Gasteiger partial charge in [-0.15, -0.1) is 0 Å². The van der Waals surface area contributed by atoms with Gasteiger partial charge in [0.05, 0.1) is 6.10 Å². The van der Waals surface area contributed by atoms with Crippen LogP contribution in [0.1, 0.15) is 26.2 Å². The largest absolute Gasteiger partial charge is 0.480 e. The van der Waals surface area contributed by atoms with Gasteiger partial charge in [-0.25, -0.2) is 9.59 Å². The lowest BCUT2D eigenvalue weighted by atomic mass is 10.1. The molecule has 0 saturated carbocycles. The number of rotatable bonds is 7. The molecule has 0 bridgehead atoms. The summed E-state index contributed by atoms with van der Waals surface area (Å²) < 4.78 is 5.29. The number of hydrogen-bond donors (Lipinski definition) is 1. The normalized spacial score (nSPS) is 17.6. The van der Waals surface area contributed by atoms with E-state index in [0.29, 0.717) is 25.9 Å². The van der Waals surface area contributed by atoms with Gasteiger partial charge in [-0.05, 0) is 25.5 Å². The predicted molar refractivity (Wildman–Crippen MR) is 83.8 cm³/mol. The zero-order valence-corrected chi connectivity index (χ0v) is 13.9. The van der Waals surface area contributed by atoms with E-state index in [-0.39, 0.29) is 24.8 Å². The number of amides is 2. The minimum absolute atomic E-state index is 0.0522. The van der Waals surface area contributed by atoms with Crippen molar-refractivity contribution in [3.05, 3.63) is 0 Å². The lowest BCUT2D eigenvalue weighted by molar-refractivity contribution is -0.145. The number of carboxylic acid groups (broad SMARTS) is 1. The second kappa shape index (κ2) is 9.15. The van der Waals surface area contributed by atoms with Crippen LogP contribution in [0.3, 0.4) is 0 Å². The molecule has 1 saturated heterocycles. The van der Waals surface area contributed by atoms with Crippen LogP contribution in [0.25, 0.3) is 0 Å². The SMILES string of the molecule is CCC(CSC)N(C)C(=O)N1CCC(OCC(=O)O)CC1. The van der Waals surface area contributed by atoms with Gasteiger partial charge in [0.15, 0.2) is 0 Å². The number of nitrogens with zero attached hydrogens (tertiary/aromatic N) is 2. The summed E-state index contributed by atoms with van der Waals surface area (Å²) in [5.74, 6) is -0.00667. The second-order valence-corrected chi connectivity index (χ2v) is 6.21. The lowest BCUT2D eigenvalue weighted by Crippen LogP contribution is -2.50. The quantitative estimate of drug-likeness (QED) is 0.774. The average Bonchev–Trinajstić information content (AvgIpc) is 2.49. The molecule has 1 atom stereocenters. The number of ether oxygens (including phenoxy) is 1. The maximum Gasteiger partial charge on any atom is 0.329 e. The first-order valence-corrected chi connectivity index (χ1v) is 8.73. The van der Waals surface area contributed by atoms with Gasteiger partial charge in [0.25, 0.3) is 0 Å². The van der Waals surface area contributed by atoms with Crippen molar-refractivity contribution < 1.29 is 19.4 Å². The zero-order chi connectivity index (χ0) is 15.8. The lowest BCUT2D eigenvalue weighted by Gasteiger charge is -2.36. The molecule has 7 heteroatoms. The maximum absolute atomic E-state index is 12.5. The number of carbonyl (C=O) groups is 2. The molecule has 0 aromatic rings. The monoisotopic (exact) mass is 318 g/mol. The van der Waals surface area contributed by atoms with Crippen LogP contribution in [-0.4, -0.2) is 77.8 Å². The highest BCUT2D eigenvalue weighted by Crippen LogP contribution is 2.17. The number of likely N-dealkylation sites (tertiary alicyclic amines) is 1. The highest BCUT2D eigenvalue weighted by molar-refractivity contribution is 7.98. The summed E-state index contributed by atoms with van der Waals surface area (Å²) >= 11 is 1.75. The standard InChI is InChI=1S/C14H26N2O4S/c1-4-11(10-21-3)15(2)14(19)16-7-5-12(6-8-16)20-9-13(17)18/h11-12H,4-10H2,1-3H3,(H,17,18). The van der Waals surface area contributed by atoms with Crippen LogP contribution >= 0.6 is 11.8 Å². The third-order valence-corrected chi connectivity index (χ3v) is 4.55. The predicted octanol–water partition coefficient (Wildman–Crippen LogP) is 1.75. The molecule has 1 aliphatic heterocycles. The number of carboxylic acids is 1. The molecule has 0 aromatic carbocycles. The van der Waals surface area contributed by atoms with Gasteiger partial charge in [-0.3, -0.25) is 0 Å². The van der Waals surface area contributed by atoms with E-state index < -0.39 is 5.97 Å². The van der Waals surface area contributed by atoms with Crippen molar-refractivity contribution in [3.63, 3.8) is 0 Å². The molecule has 1 rings (SSSR count). The number of thioether (sulfide) groups is 1. The van der Waals surface area contributed by atoms with Gasteiger partial charge >= 0.3 is 12.0 Å². The van der Waals surface area contributed by atoms with Crippen LogP contribution < -0.4 is 0 Å². The molecule has 21 heavy (non-hydrogen) atoms. The molecule has 122 valence electrons. The van der Waals surface area contributed by atoms with E-state index in [4.69, 9.17) is 9.84 Å². The maximum atomic E-state index is 12.5. The summed E-state index contributed by atoms with van der Waals surface area (Å²) in [4.78, 5) is 26.6. The molecule has 6 nitrogen and oxygen atoms in total. The molecule has 0 aliphatic carbocycles. The number of hydrogen-bond acceptors (Lipinski definition) is 4. The Morgan fingerprint density at radius 3 is 2.52 bits per heavy atom. The zero-order valence-electron chi connectivity index (χ0n) is 13.1. The highest BCUT2D eigenvalue weighted by Gasteiger charge is 2.28. The Morgan fingerprint density at radius 1 is 1.43 bits per heavy atom. The molecular weight excluding hydrogens is 292 g/mol. The number of urea groups is 1. The van der Waals surface area contributed by atoms with Crippen molar-refractivity contribution in [1.29, 1.82) is 0 Å². The number of carbonyl (C=O) groups excluding carboxylic acids is 1. The summed E-state index contributed by atoms with van der Waals surface area (Å²) in [6.07, 6.45) is 4.34. The highest BCUT2D eigenvalue weighted by atomic mass is 32.2. The van der Waals surface area contributed by atoms with Crippen molar-refractivity contribution >= 4 is 23.8 Å². The first-order chi connectivity index (χ1) is 9.99. The second-order valence-electron chi connectivity index (χ2n) is 5.30. The molecule has 2 amide bonds. The van der Waals surface area contributed by atoms with E-state index in [9.17, 15) is 9.59 Å². The first kappa shape index (κ1) is 18.1. The molecule has 0 radical (unpaired) electrons. The molecule has 0 aromatic heterocycles. The van der Waals surface area contributed by atoms with E-state index >= 15 is 0 Å². The summed E-state index contributed by atoms with van der Waals surface area (Å²) in [5.41, 5.74) is 0. The van der Waals surface area contributed by atoms with Gasteiger partial charge in [-0.2, -0.15) is 11.8 Å². The molecular formula is C14H26N2O4S. The van der Waals surface area contributed by atoms with Crippen molar-refractivity contribution in [2.45, 2.75) is 38.3 Å². The van der Waals surface area contributed by atoms with Crippen LogP contribution in [0.15, 0.2) is 0 Å². The van der Waals surface area contributed by atoms with Crippen LogP contribution in [0.2, 0.25) is 0 Å². The van der Waals surface area contributed by atoms with E-state index in [1.807, 2.05) is 23.1 Å². The van der Waals surface area contributed by atoms with E-state index in [1.165, 1.54) is 0 Å². The van der Waals surface area contributed by atoms with E-state index in [1.54, 1.807) is 11.8 Å². The Bertz CT molecular complexity index is 346. The Balaban J connectivity index is 2.42. The van der Waals surface area contributed by atoms with Crippen molar-refractivity contribution in [3.8, 4) is 0 Å². The first-order valence-electron chi connectivity index (χ1n) is 7.33. The van der Waals surface area contributed by atoms with E-state index in [0.717, 1.165) is 12.2 Å². The minimum Gasteiger partial charge on any atom is -0.480 e. The third-order valence-electron chi connectivity index (χ3n) is 3.83. The van der Waals surface area contributed by atoms with Crippen LogP contribution in [-0.2, 0) is 9.53 Å². The molecule has 1 N–H and O–H groups in total. The molecule has 0 spiro atoms. The smallest absolute Gasteiger partial charge is 0.329 e. The summed E-state index contributed by atoms with van der Waals surface area (Å²) in [5, 5.41) is 8.60. The fourth-order valence-electron chi connectivity index (χ4n) is 2.48. The summed E-state index contributed by atoms with van der Waals surface area (Å²) in [6.45, 7) is 3.09. The Labute approximate surface area is 130 Å². The fourth-order valence-corrected chi connectivity index (χ4v) is 3.32. The minimum atomic E-state index is -0.948. The Hall–Kier alpha value is -0.950. The molecule has 1 heterocycles.